The zero-order valence-electron chi connectivity index (χ0n) is 10.9. The van der Waals surface area contributed by atoms with Crippen LogP contribution in [0.5, 0.6) is 0 Å². The fourth-order valence-corrected chi connectivity index (χ4v) is 2.20. The monoisotopic (exact) mass is 233 g/mol. The Balaban J connectivity index is 1.97. The Morgan fingerprint density at radius 2 is 2.24 bits per heavy atom. The van der Waals surface area contributed by atoms with E-state index in [2.05, 4.69) is 35.1 Å². The Kier molecular flexibility index (Phi) is 4.37. The summed E-state index contributed by atoms with van der Waals surface area (Å²) < 4.78 is 0. The van der Waals surface area contributed by atoms with Crippen LogP contribution in [0.4, 0.5) is 5.69 Å². The number of hydrogen-bond acceptors (Lipinski definition) is 3. The van der Waals surface area contributed by atoms with E-state index in [1.165, 1.54) is 37.2 Å². The van der Waals surface area contributed by atoms with Crippen molar-refractivity contribution in [2.75, 3.05) is 18.4 Å². The van der Waals surface area contributed by atoms with Gasteiger partial charge in [-0.3, -0.25) is 9.88 Å². The molecule has 0 spiro atoms. The van der Waals surface area contributed by atoms with Gasteiger partial charge in [0.15, 0.2) is 0 Å². The van der Waals surface area contributed by atoms with Crippen LogP contribution in [-0.4, -0.2) is 29.0 Å². The molecule has 17 heavy (non-hydrogen) atoms. The number of rotatable bonds is 7. The number of hydrogen-bond donors (Lipinski definition) is 1. The van der Waals surface area contributed by atoms with E-state index in [4.69, 9.17) is 0 Å². The Morgan fingerprint density at radius 3 is 2.88 bits per heavy atom. The van der Waals surface area contributed by atoms with Gasteiger partial charge in [0.25, 0.3) is 0 Å². The molecule has 3 heteroatoms. The molecule has 2 rings (SSSR count). The van der Waals surface area contributed by atoms with Crippen molar-refractivity contribution in [1.82, 2.24) is 9.88 Å². The van der Waals surface area contributed by atoms with Crippen LogP contribution in [0.25, 0.3) is 0 Å². The van der Waals surface area contributed by atoms with Crippen LogP contribution in [0.15, 0.2) is 18.3 Å². The summed E-state index contributed by atoms with van der Waals surface area (Å²) in [6, 6.07) is 5.03. The summed E-state index contributed by atoms with van der Waals surface area (Å²) in [6.45, 7) is 7.52. The minimum atomic E-state index is 0.819. The molecule has 3 nitrogen and oxygen atoms in total. The van der Waals surface area contributed by atoms with E-state index in [0.29, 0.717) is 0 Å². The van der Waals surface area contributed by atoms with Gasteiger partial charge >= 0.3 is 0 Å². The molecule has 1 aromatic heterocycles. The van der Waals surface area contributed by atoms with Gasteiger partial charge in [0.1, 0.15) is 0 Å². The van der Waals surface area contributed by atoms with Crippen LogP contribution in [0.3, 0.4) is 0 Å². The normalized spacial score (nSPS) is 15.2. The summed E-state index contributed by atoms with van der Waals surface area (Å²) >= 11 is 0. The van der Waals surface area contributed by atoms with Crippen LogP contribution in [0, 0.1) is 0 Å². The summed E-state index contributed by atoms with van der Waals surface area (Å²) in [5.41, 5.74) is 2.37. The van der Waals surface area contributed by atoms with Gasteiger partial charge in [0, 0.05) is 31.0 Å². The molecule has 0 atom stereocenters. The lowest BCUT2D eigenvalue weighted by atomic mass is 10.2. The highest BCUT2D eigenvalue weighted by atomic mass is 15.2. The Hall–Kier alpha value is -1.09. The predicted molar refractivity (Wildman–Crippen MR) is 72.1 cm³/mol. The van der Waals surface area contributed by atoms with Crippen molar-refractivity contribution >= 4 is 5.69 Å². The van der Waals surface area contributed by atoms with Crippen molar-refractivity contribution in [1.29, 1.82) is 0 Å². The van der Waals surface area contributed by atoms with E-state index in [-0.39, 0.29) is 0 Å². The number of nitrogens with one attached hydrogen (secondary N) is 1. The van der Waals surface area contributed by atoms with E-state index in [0.717, 1.165) is 19.1 Å². The number of aromatic nitrogens is 1. The number of pyridine rings is 1. The maximum absolute atomic E-state index is 4.47. The maximum atomic E-state index is 4.47. The molecule has 1 aliphatic rings. The maximum Gasteiger partial charge on any atom is 0.0564 e. The molecule has 94 valence electrons. The first-order valence-electron chi connectivity index (χ1n) is 6.76. The molecular formula is C14H23N3. The zero-order chi connectivity index (χ0) is 12.1. The summed E-state index contributed by atoms with van der Waals surface area (Å²) in [4.78, 5) is 7.04. The average Bonchev–Trinajstić information content (AvgIpc) is 3.13. The third kappa shape index (κ3) is 3.70. The van der Waals surface area contributed by atoms with E-state index < -0.39 is 0 Å². The number of anilines is 1. The molecule has 1 N–H and O–H groups in total. The van der Waals surface area contributed by atoms with Crippen molar-refractivity contribution in [3.63, 3.8) is 0 Å². The first-order valence-corrected chi connectivity index (χ1v) is 6.76. The lowest BCUT2D eigenvalue weighted by Crippen LogP contribution is -2.26. The highest BCUT2D eigenvalue weighted by Gasteiger charge is 2.28. The summed E-state index contributed by atoms with van der Waals surface area (Å²) in [5.74, 6) is 0. The van der Waals surface area contributed by atoms with Gasteiger partial charge in [-0.25, -0.2) is 0 Å². The largest absolute Gasteiger partial charge is 0.385 e. The van der Waals surface area contributed by atoms with Crippen molar-refractivity contribution in [2.24, 2.45) is 0 Å². The lowest BCUT2D eigenvalue weighted by Gasteiger charge is -2.20. The van der Waals surface area contributed by atoms with E-state index >= 15 is 0 Å². The van der Waals surface area contributed by atoms with Crippen LogP contribution in [0.1, 0.15) is 38.8 Å². The topological polar surface area (TPSA) is 28.2 Å². The van der Waals surface area contributed by atoms with Crippen LogP contribution in [0.2, 0.25) is 0 Å². The van der Waals surface area contributed by atoms with Gasteiger partial charge in [0.2, 0.25) is 0 Å². The Labute approximate surface area is 104 Å². The quantitative estimate of drug-likeness (QED) is 0.785. The van der Waals surface area contributed by atoms with Crippen molar-refractivity contribution < 1.29 is 0 Å². The average molecular weight is 233 g/mol. The molecule has 0 aromatic carbocycles. The van der Waals surface area contributed by atoms with Gasteiger partial charge in [-0.05, 0) is 44.9 Å². The molecule has 1 saturated carbocycles. The van der Waals surface area contributed by atoms with Gasteiger partial charge in [-0.15, -0.1) is 0 Å². The van der Waals surface area contributed by atoms with Crippen LogP contribution >= 0.6 is 0 Å². The summed E-state index contributed by atoms with van der Waals surface area (Å²) in [7, 11) is 0. The second-order valence-corrected chi connectivity index (χ2v) is 4.77. The number of nitrogens with zero attached hydrogens (tertiary/aromatic N) is 2. The highest BCUT2D eigenvalue weighted by molar-refractivity contribution is 5.42. The predicted octanol–water partition coefficient (Wildman–Crippen LogP) is 2.89. The first kappa shape index (κ1) is 12.4. The second kappa shape index (κ2) is 6.01. The second-order valence-electron chi connectivity index (χ2n) is 4.77. The SMILES string of the molecule is CCCN(Cc1cc(NCC)ccn1)C1CC1. The molecule has 1 aromatic rings. The first-order chi connectivity index (χ1) is 8.33. The minimum absolute atomic E-state index is 0.819. The van der Waals surface area contributed by atoms with Crippen LogP contribution < -0.4 is 5.32 Å². The van der Waals surface area contributed by atoms with Gasteiger partial charge in [0.05, 0.1) is 5.69 Å². The molecule has 0 unspecified atom stereocenters. The van der Waals surface area contributed by atoms with Gasteiger partial charge in [-0.1, -0.05) is 6.92 Å². The van der Waals surface area contributed by atoms with E-state index in [1.54, 1.807) is 0 Å². The molecule has 0 radical (unpaired) electrons. The van der Waals surface area contributed by atoms with Crippen LogP contribution in [-0.2, 0) is 6.54 Å². The molecule has 0 aliphatic heterocycles. The van der Waals surface area contributed by atoms with E-state index in [1.807, 2.05) is 12.3 Å². The smallest absolute Gasteiger partial charge is 0.0564 e. The standard InChI is InChI=1S/C14H23N3/c1-3-9-17(14-5-6-14)11-13-10-12(15-4-2)7-8-16-13/h7-8,10,14H,3-6,9,11H2,1-2H3,(H,15,16). The molecule has 0 saturated heterocycles. The van der Waals surface area contributed by atoms with Crippen molar-refractivity contribution in [3.8, 4) is 0 Å². The fraction of sp³-hybridized carbons (Fsp3) is 0.643. The molecule has 1 aliphatic carbocycles. The van der Waals surface area contributed by atoms with Gasteiger partial charge < -0.3 is 5.32 Å². The molecule has 0 amide bonds. The van der Waals surface area contributed by atoms with Crippen molar-refractivity contribution in [2.45, 2.75) is 45.7 Å². The van der Waals surface area contributed by atoms with Gasteiger partial charge in [-0.2, -0.15) is 0 Å². The lowest BCUT2D eigenvalue weighted by molar-refractivity contribution is 0.252. The van der Waals surface area contributed by atoms with E-state index in [9.17, 15) is 0 Å². The fourth-order valence-electron chi connectivity index (χ4n) is 2.20. The summed E-state index contributed by atoms with van der Waals surface area (Å²) in [6.07, 6.45) is 5.87. The Morgan fingerprint density at radius 1 is 1.41 bits per heavy atom. The highest BCUT2D eigenvalue weighted by Crippen LogP contribution is 2.28. The molecule has 1 fully saturated rings. The Bertz CT molecular complexity index is 347. The van der Waals surface area contributed by atoms with Crippen molar-refractivity contribution in [3.05, 3.63) is 24.0 Å². The zero-order valence-corrected chi connectivity index (χ0v) is 10.9. The summed E-state index contributed by atoms with van der Waals surface area (Å²) in [5, 5.41) is 3.34. The minimum Gasteiger partial charge on any atom is -0.385 e. The molecular weight excluding hydrogens is 210 g/mol. The third-order valence-corrected chi connectivity index (χ3v) is 3.14. The molecule has 1 heterocycles. The molecule has 0 bridgehead atoms. The third-order valence-electron chi connectivity index (χ3n) is 3.14.